The van der Waals surface area contributed by atoms with Crippen LogP contribution in [0.1, 0.15) is 19.4 Å². The molecule has 0 aliphatic rings. The van der Waals surface area contributed by atoms with Crippen LogP contribution >= 0.6 is 0 Å². The minimum Gasteiger partial charge on any atom is -0.351 e. The van der Waals surface area contributed by atoms with E-state index in [9.17, 15) is 17.6 Å². The first kappa shape index (κ1) is 22.7. The lowest BCUT2D eigenvalue weighted by molar-refractivity contribution is -0.123. The molecule has 0 saturated carbocycles. The lowest BCUT2D eigenvalue weighted by Crippen LogP contribution is -2.49. The molecule has 0 aromatic heterocycles. The number of nitrogens with one attached hydrogen (secondary N) is 2. The average molecular weight is 441 g/mol. The van der Waals surface area contributed by atoms with Gasteiger partial charge in [0.25, 0.3) is 0 Å². The summed E-state index contributed by atoms with van der Waals surface area (Å²) in [4.78, 5) is 12.7. The summed E-state index contributed by atoms with van der Waals surface area (Å²) in [5, 5.41) is 2.79. The zero-order valence-corrected chi connectivity index (χ0v) is 18.2. The second-order valence-corrected chi connectivity index (χ2v) is 9.29. The number of amides is 1. The van der Waals surface area contributed by atoms with Crippen LogP contribution in [0.3, 0.4) is 0 Å². The Morgan fingerprint density at radius 2 is 1.42 bits per heavy atom. The zero-order chi connectivity index (χ0) is 22.4. The topological polar surface area (TPSA) is 75.3 Å². The molecule has 1 amide bonds. The lowest BCUT2D eigenvalue weighted by atomic mass is 10.0. The second kappa shape index (κ2) is 9.85. The van der Waals surface area contributed by atoms with Crippen molar-refractivity contribution in [3.63, 3.8) is 0 Å². The second-order valence-electron chi connectivity index (χ2n) is 7.58. The van der Waals surface area contributed by atoms with E-state index < -0.39 is 16.1 Å². The van der Waals surface area contributed by atoms with Crippen molar-refractivity contribution in [3.8, 4) is 11.1 Å². The van der Waals surface area contributed by atoms with Crippen LogP contribution in [0.2, 0.25) is 0 Å². The standard InChI is InChI=1S/C24H25FN2O3S/c1-17(2)23(24(28)26-16-18-6-4-3-5-7-18)27-31(29,30)22-14-10-20(11-15-22)19-8-12-21(25)13-9-19/h3-15,17,23,27H,16H2,1-2H3,(H,26,28)/t23-/m1/s1. The Kier molecular flexibility index (Phi) is 7.20. The predicted molar refractivity (Wildman–Crippen MR) is 119 cm³/mol. The molecular formula is C24H25FN2O3S. The molecule has 3 aromatic carbocycles. The van der Waals surface area contributed by atoms with Crippen LogP contribution in [0, 0.1) is 11.7 Å². The van der Waals surface area contributed by atoms with Gasteiger partial charge >= 0.3 is 0 Å². The van der Waals surface area contributed by atoms with Gasteiger partial charge in [-0.1, -0.05) is 68.4 Å². The van der Waals surface area contributed by atoms with Gasteiger partial charge in [0, 0.05) is 6.54 Å². The first-order valence-electron chi connectivity index (χ1n) is 9.96. The van der Waals surface area contributed by atoms with Crippen LogP contribution in [0.4, 0.5) is 4.39 Å². The number of halogens is 1. The van der Waals surface area contributed by atoms with Gasteiger partial charge in [0.15, 0.2) is 0 Å². The van der Waals surface area contributed by atoms with Crippen molar-refractivity contribution in [1.29, 1.82) is 0 Å². The molecule has 0 saturated heterocycles. The Labute approximate surface area is 182 Å². The molecule has 0 aliphatic carbocycles. The minimum absolute atomic E-state index is 0.0554. The molecule has 0 radical (unpaired) electrons. The number of hydrogen-bond donors (Lipinski definition) is 2. The van der Waals surface area contributed by atoms with Crippen molar-refractivity contribution in [2.75, 3.05) is 0 Å². The largest absolute Gasteiger partial charge is 0.351 e. The number of carbonyl (C=O) groups excluding carboxylic acids is 1. The number of rotatable bonds is 8. The first-order chi connectivity index (χ1) is 14.8. The van der Waals surface area contributed by atoms with Crippen molar-refractivity contribution in [2.24, 2.45) is 5.92 Å². The van der Waals surface area contributed by atoms with Gasteiger partial charge in [-0.05, 0) is 46.9 Å². The van der Waals surface area contributed by atoms with E-state index in [1.165, 1.54) is 24.3 Å². The summed E-state index contributed by atoms with van der Waals surface area (Å²) in [5.41, 5.74) is 2.47. The third-order valence-electron chi connectivity index (χ3n) is 4.88. The fourth-order valence-corrected chi connectivity index (χ4v) is 4.44. The molecule has 3 aromatic rings. The van der Waals surface area contributed by atoms with E-state index in [-0.39, 0.29) is 22.5 Å². The molecule has 7 heteroatoms. The van der Waals surface area contributed by atoms with E-state index in [1.807, 2.05) is 30.3 Å². The van der Waals surface area contributed by atoms with Gasteiger partial charge in [-0.15, -0.1) is 0 Å². The summed E-state index contributed by atoms with van der Waals surface area (Å²) in [5.74, 6) is -0.966. The number of hydrogen-bond acceptors (Lipinski definition) is 3. The highest BCUT2D eigenvalue weighted by molar-refractivity contribution is 7.89. The smallest absolute Gasteiger partial charge is 0.241 e. The zero-order valence-electron chi connectivity index (χ0n) is 17.4. The van der Waals surface area contributed by atoms with Gasteiger partial charge in [0.2, 0.25) is 15.9 Å². The van der Waals surface area contributed by atoms with Gasteiger partial charge < -0.3 is 5.32 Å². The van der Waals surface area contributed by atoms with Gasteiger partial charge in [-0.3, -0.25) is 4.79 Å². The molecule has 0 heterocycles. The highest BCUT2D eigenvalue weighted by atomic mass is 32.2. The summed E-state index contributed by atoms with van der Waals surface area (Å²) >= 11 is 0. The van der Waals surface area contributed by atoms with E-state index >= 15 is 0 Å². The molecular weight excluding hydrogens is 415 g/mol. The SMILES string of the molecule is CC(C)[C@@H](NS(=O)(=O)c1ccc(-c2ccc(F)cc2)cc1)C(=O)NCc1ccccc1. The number of carbonyl (C=O) groups is 1. The molecule has 2 N–H and O–H groups in total. The van der Waals surface area contributed by atoms with E-state index in [0.29, 0.717) is 6.54 Å². The van der Waals surface area contributed by atoms with Crippen molar-refractivity contribution in [1.82, 2.24) is 10.0 Å². The van der Waals surface area contributed by atoms with Crippen LogP contribution in [0.5, 0.6) is 0 Å². The third kappa shape index (κ3) is 5.99. The summed E-state index contributed by atoms with van der Waals surface area (Å²) in [6, 6.07) is 20.7. The summed E-state index contributed by atoms with van der Waals surface area (Å²) < 4.78 is 41.4. The summed E-state index contributed by atoms with van der Waals surface area (Å²) in [6.07, 6.45) is 0. The molecule has 1 atom stereocenters. The molecule has 0 unspecified atom stereocenters. The summed E-state index contributed by atoms with van der Waals surface area (Å²) in [6.45, 7) is 3.89. The van der Waals surface area contributed by atoms with Crippen LogP contribution in [0.25, 0.3) is 11.1 Å². The monoisotopic (exact) mass is 440 g/mol. The van der Waals surface area contributed by atoms with Crippen molar-refractivity contribution >= 4 is 15.9 Å². The Morgan fingerprint density at radius 1 is 0.871 bits per heavy atom. The normalized spacial score (nSPS) is 12.5. The number of sulfonamides is 1. The maximum absolute atomic E-state index is 13.1. The summed E-state index contributed by atoms with van der Waals surface area (Å²) in [7, 11) is -3.91. The molecule has 0 bridgehead atoms. The van der Waals surface area contributed by atoms with Gasteiger partial charge in [-0.25, -0.2) is 12.8 Å². The van der Waals surface area contributed by atoms with Gasteiger partial charge in [-0.2, -0.15) is 4.72 Å². The Morgan fingerprint density at radius 3 is 1.97 bits per heavy atom. The Bertz CT molecular complexity index is 1110. The highest BCUT2D eigenvalue weighted by Crippen LogP contribution is 2.22. The molecule has 0 aliphatic heterocycles. The van der Waals surface area contributed by atoms with Gasteiger partial charge in [0.1, 0.15) is 11.9 Å². The molecule has 0 fully saturated rings. The minimum atomic E-state index is -3.91. The van der Waals surface area contributed by atoms with Crippen LogP contribution in [-0.2, 0) is 21.4 Å². The predicted octanol–water partition coefficient (Wildman–Crippen LogP) is 4.11. The van der Waals surface area contributed by atoms with E-state index in [2.05, 4.69) is 10.0 Å². The van der Waals surface area contributed by atoms with Crippen molar-refractivity contribution in [3.05, 3.63) is 90.2 Å². The molecule has 31 heavy (non-hydrogen) atoms. The maximum atomic E-state index is 13.1. The lowest BCUT2D eigenvalue weighted by Gasteiger charge is -2.22. The molecule has 3 rings (SSSR count). The molecule has 5 nitrogen and oxygen atoms in total. The maximum Gasteiger partial charge on any atom is 0.241 e. The third-order valence-corrected chi connectivity index (χ3v) is 6.34. The Balaban J connectivity index is 1.71. The molecule has 162 valence electrons. The Hall–Kier alpha value is -3.03. The first-order valence-corrected chi connectivity index (χ1v) is 11.4. The average Bonchev–Trinajstić information content (AvgIpc) is 2.77. The van der Waals surface area contributed by atoms with E-state index in [4.69, 9.17) is 0 Å². The van der Waals surface area contributed by atoms with Crippen LogP contribution < -0.4 is 10.0 Å². The van der Waals surface area contributed by atoms with E-state index in [1.54, 1.807) is 38.1 Å². The van der Waals surface area contributed by atoms with Gasteiger partial charge in [0.05, 0.1) is 4.90 Å². The number of benzene rings is 3. The quantitative estimate of drug-likeness (QED) is 0.554. The van der Waals surface area contributed by atoms with Crippen molar-refractivity contribution < 1.29 is 17.6 Å². The van der Waals surface area contributed by atoms with E-state index in [0.717, 1.165) is 16.7 Å². The highest BCUT2D eigenvalue weighted by Gasteiger charge is 2.28. The van der Waals surface area contributed by atoms with Crippen molar-refractivity contribution in [2.45, 2.75) is 31.3 Å². The van der Waals surface area contributed by atoms with Crippen LogP contribution in [-0.4, -0.2) is 20.4 Å². The fraction of sp³-hybridized carbons (Fsp3) is 0.208. The molecule has 0 spiro atoms. The fourth-order valence-electron chi connectivity index (χ4n) is 3.09. The van der Waals surface area contributed by atoms with Crippen LogP contribution in [0.15, 0.2) is 83.8 Å².